The Kier molecular flexibility index (Phi) is 6.78. The molecule has 1 aromatic heterocycles. The van der Waals surface area contributed by atoms with Crippen LogP contribution in [0.25, 0.3) is 0 Å². The molecule has 0 radical (unpaired) electrons. The SMILES string of the molecule is O=C(NC1CCN(Cc2ccccc2)CC1)N1CCN(c2ncc(C(F)(F)F)cn2)CC1. The lowest BCUT2D eigenvalue weighted by Gasteiger charge is -2.37. The van der Waals surface area contributed by atoms with Crippen LogP contribution in [-0.4, -0.2) is 71.1 Å². The maximum Gasteiger partial charge on any atom is 0.419 e. The largest absolute Gasteiger partial charge is 0.419 e. The minimum absolute atomic E-state index is 0.0838. The lowest BCUT2D eigenvalue weighted by molar-refractivity contribution is -0.138. The van der Waals surface area contributed by atoms with Crippen molar-refractivity contribution in [2.75, 3.05) is 44.2 Å². The number of likely N-dealkylation sites (tertiary alicyclic amines) is 1. The van der Waals surface area contributed by atoms with Crippen molar-refractivity contribution in [2.45, 2.75) is 31.6 Å². The molecule has 0 unspecified atom stereocenters. The number of anilines is 1. The highest BCUT2D eigenvalue weighted by Gasteiger charge is 2.32. The fourth-order valence-electron chi connectivity index (χ4n) is 4.08. The number of hydrogen-bond donors (Lipinski definition) is 1. The third-order valence-corrected chi connectivity index (χ3v) is 5.98. The van der Waals surface area contributed by atoms with Crippen molar-refractivity contribution >= 4 is 12.0 Å². The molecule has 172 valence electrons. The maximum absolute atomic E-state index is 12.7. The first-order chi connectivity index (χ1) is 15.4. The zero-order valence-corrected chi connectivity index (χ0v) is 17.8. The van der Waals surface area contributed by atoms with Gasteiger partial charge < -0.3 is 15.1 Å². The van der Waals surface area contributed by atoms with E-state index in [0.717, 1.165) is 44.9 Å². The molecule has 2 saturated heterocycles. The van der Waals surface area contributed by atoms with Gasteiger partial charge in [0.2, 0.25) is 5.95 Å². The molecule has 0 aliphatic carbocycles. The summed E-state index contributed by atoms with van der Waals surface area (Å²) in [6.07, 6.45) is -1.03. The summed E-state index contributed by atoms with van der Waals surface area (Å²) in [5.74, 6) is 0.254. The Hall–Kier alpha value is -2.88. The zero-order valence-electron chi connectivity index (χ0n) is 17.8. The number of benzene rings is 1. The second-order valence-corrected chi connectivity index (χ2v) is 8.23. The first-order valence-electron chi connectivity index (χ1n) is 10.8. The van der Waals surface area contributed by atoms with Crippen molar-refractivity contribution in [1.82, 2.24) is 25.1 Å². The molecule has 32 heavy (non-hydrogen) atoms. The predicted molar refractivity (Wildman–Crippen MR) is 114 cm³/mol. The second kappa shape index (κ2) is 9.72. The van der Waals surface area contributed by atoms with E-state index in [4.69, 9.17) is 0 Å². The van der Waals surface area contributed by atoms with Crippen LogP contribution in [0.1, 0.15) is 24.0 Å². The molecule has 0 saturated carbocycles. The van der Waals surface area contributed by atoms with E-state index >= 15 is 0 Å². The van der Waals surface area contributed by atoms with E-state index in [9.17, 15) is 18.0 Å². The molecule has 4 rings (SSSR count). The summed E-state index contributed by atoms with van der Waals surface area (Å²) in [7, 11) is 0. The third kappa shape index (κ3) is 5.67. The molecule has 2 amide bonds. The summed E-state index contributed by atoms with van der Waals surface area (Å²) in [6.45, 7) is 4.72. The van der Waals surface area contributed by atoms with Gasteiger partial charge >= 0.3 is 12.2 Å². The number of aromatic nitrogens is 2. The summed E-state index contributed by atoms with van der Waals surface area (Å²) in [5, 5.41) is 3.14. The summed E-state index contributed by atoms with van der Waals surface area (Å²) in [5.41, 5.74) is 0.430. The molecule has 10 heteroatoms. The second-order valence-electron chi connectivity index (χ2n) is 8.23. The number of piperidine rings is 1. The van der Waals surface area contributed by atoms with Crippen LogP contribution in [0.15, 0.2) is 42.7 Å². The first kappa shape index (κ1) is 22.3. The molecule has 2 aliphatic heterocycles. The van der Waals surface area contributed by atoms with Gasteiger partial charge in [-0.15, -0.1) is 0 Å². The number of carbonyl (C=O) groups is 1. The van der Waals surface area contributed by atoms with Gasteiger partial charge in [-0.05, 0) is 18.4 Å². The van der Waals surface area contributed by atoms with Gasteiger partial charge in [0.1, 0.15) is 0 Å². The van der Waals surface area contributed by atoms with Gasteiger partial charge in [-0.25, -0.2) is 14.8 Å². The molecule has 0 bridgehead atoms. The summed E-state index contributed by atoms with van der Waals surface area (Å²) >= 11 is 0. The molecule has 1 N–H and O–H groups in total. The van der Waals surface area contributed by atoms with Gasteiger partial charge in [0, 0.05) is 64.2 Å². The lowest BCUT2D eigenvalue weighted by atomic mass is 10.0. The van der Waals surface area contributed by atoms with Gasteiger partial charge in [-0.1, -0.05) is 30.3 Å². The van der Waals surface area contributed by atoms with Crippen LogP contribution in [0.2, 0.25) is 0 Å². The van der Waals surface area contributed by atoms with Crippen LogP contribution in [0.4, 0.5) is 23.9 Å². The van der Waals surface area contributed by atoms with Crippen LogP contribution in [0, 0.1) is 0 Å². The number of nitrogens with zero attached hydrogens (tertiary/aromatic N) is 5. The topological polar surface area (TPSA) is 64.6 Å². The van der Waals surface area contributed by atoms with E-state index in [1.165, 1.54) is 5.56 Å². The molecule has 3 heterocycles. The molecule has 2 aliphatic rings. The Bertz CT molecular complexity index is 877. The third-order valence-electron chi connectivity index (χ3n) is 5.98. The Morgan fingerprint density at radius 2 is 1.59 bits per heavy atom. The van der Waals surface area contributed by atoms with Crippen molar-refractivity contribution < 1.29 is 18.0 Å². The monoisotopic (exact) mass is 448 g/mol. The minimum Gasteiger partial charge on any atom is -0.337 e. The van der Waals surface area contributed by atoms with Crippen molar-refractivity contribution in [2.24, 2.45) is 0 Å². The Morgan fingerprint density at radius 1 is 0.969 bits per heavy atom. The number of hydrogen-bond acceptors (Lipinski definition) is 5. The highest BCUT2D eigenvalue weighted by molar-refractivity contribution is 5.74. The van der Waals surface area contributed by atoms with Crippen LogP contribution in [0.3, 0.4) is 0 Å². The number of carbonyl (C=O) groups excluding carboxylic acids is 1. The smallest absolute Gasteiger partial charge is 0.337 e. The molecular formula is C22H27F3N6O. The number of alkyl halides is 3. The van der Waals surface area contributed by atoms with Gasteiger partial charge in [0.15, 0.2) is 0 Å². The number of nitrogens with one attached hydrogen (secondary N) is 1. The molecule has 2 aromatic rings. The predicted octanol–water partition coefficient (Wildman–Crippen LogP) is 2.99. The zero-order chi connectivity index (χ0) is 22.6. The average molecular weight is 448 g/mol. The van der Waals surface area contributed by atoms with E-state index in [1.54, 1.807) is 9.80 Å². The Morgan fingerprint density at radius 3 is 2.19 bits per heavy atom. The number of urea groups is 1. The van der Waals surface area contributed by atoms with E-state index < -0.39 is 11.7 Å². The summed E-state index contributed by atoms with van der Waals surface area (Å²) < 4.78 is 38.0. The standard InChI is InChI=1S/C22H27F3N6O/c23-22(24,25)18-14-26-20(27-15-18)30-10-12-31(13-11-30)21(32)28-19-6-8-29(9-7-19)16-17-4-2-1-3-5-17/h1-5,14-15,19H,6-13,16H2,(H,28,32). The molecule has 0 atom stereocenters. The quantitative estimate of drug-likeness (QED) is 0.779. The lowest BCUT2D eigenvalue weighted by Crippen LogP contribution is -2.55. The molecule has 7 nitrogen and oxygen atoms in total. The highest BCUT2D eigenvalue weighted by atomic mass is 19.4. The summed E-state index contributed by atoms with van der Waals surface area (Å²) in [6, 6.07) is 10.4. The van der Waals surface area contributed by atoms with E-state index in [2.05, 4.69) is 32.3 Å². The van der Waals surface area contributed by atoms with Gasteiger partial charge in [-0.3, -0.25) is 4.90 Å². The molecule has 1 aromatic carbocycles. The fraction of sp³-hybridized carbons (Fsp3) is 0.500. The van der Waals surface area contributed by atoms with Crippen LogP contribution in [-0.2, 0) is 12.7 Å². The van der Waals surface area contributed by atoms with E-state index in [1.807, 2.05) is 18.2 Å². The fourth-order valence-corrected chi connectivity index (χ4v) is 4.08. The highest BCUT2D eigenvalue weighted by Crippen LogP contribution is 2.28. The number of rotatable bonds is 4. The average Bonchev–Trinajstić information content (AvgIpc) is 2.81. The minimum atomic E-state index is -4.45. The van der Waals surface area contributed by atoms with Gasteiger partial charge in [0.25, 0.3) is 0 Å². The van der Waals surface area contributed by atoms with Crippen LogP contribution < -0.4 is 10.2 Å². The molecule has 0 spiro atoms. The molecule has 2 fully saturated rings. The van der Waals surface area contributed by atoms with E-state index in [-0.39, 0.29) is 18.0 Å². The number of amides is 2. The number of halogens is 3. The normalized spacial score (nSPS) is 18.6. The van der Waals surface area contributed by atoms with Crippen LogP contribution in [0.5, 0.6) is 0 Å². The first-order valence-corrected chi connectivity index (χ1v) is 10.8. The van der Waals surface area contributed by atoms with Crippen molar-refractivity contribution in [3.8, 4) is 0 Å². The van der Waals surface area contributed by atoms with Crippen molar-refractivity contribution in [3.63, 3.8) is 0 Å². The van der Waals surface area contributed by atoms with Gasteiger partial charge in [0.05, 0.1) is 5.56 Å². The van der Waals surface area contributed by atoms with Crippen molar-refractivity contribution in [3.05, 3.63) is 53.9 Å². The Balaban J connectivity index is 1.20. The number of piperazine rings is 1. The summed E-state index contributed by atoms with van der Waals surface area (Å²) in [4.78, 5) is 26.3. The van der Waals surface area contributed by atoms with Crippen molar-refractivity contribution in [1.29, 1.82) is 0 Å². The molecular weight excluding hydrogens is 421 g/mol. The maximum atomic E-state index is 12.7. The van der Waals surface area contributed by atoms with Gasteiger partial charge in [-0.2, -0.15) is 13.2 Å². The van der Waals surface area contributed by atoms with E-state index in [0.29, 0.717) is 26.2 Å². The Labute approximate surface area is 185 Å². The van der Waals surface area contributed by atoms with Crippen LogP contribution >= 0.6 is 0 Å².